The topological polar surface area (TPSA) is 101 Å². The molecule has 0 bridgehead atoms. The molecule has 0 aromatic carbocycles. The van der Waals surface area contributed by atoms with E-state index in [0.29, 0.717) is 10.7 Å². The van der Waals surface area contributed by atoms with Crippen molar-refractivity contribution < 1.29 is 9.59 Å². The molecule has 1 saturated heterocycles. The maximum Gasteiger partial charge on any atom is 0.232 e. The average Bonchev–Trinajstić information content (AvgIpc) is 2.79. The lowest BCUT2D eigenvalue weighted by atomic mass is 10.1. The average molecular weight is 241 g/mol. The Balaban J connectivity index is 2.16. The number of carbonyl (C=O) groups is 2. The summed E-state index contributed by atoms with van der Waals surface area (Å²) in [7, 11) is 0. The summed E-state index contributed by atoms with van der Waals surface area (Å²) in [6.45, 7) is 1.87. The molecule has 2 rings (SSSR count). The molecule has 1 aromatic heterocycles. The van der Waals surface area contributed by atoms with Crippen LogP contribution < -0.4 is 11.3 Å². The fraction of sp³-hybridized carbons (Fsp3) is 0.500. The van der Waals surface area contributed by atoms with Crippen LogP contribution >= 0.6 is 11.5 Å². The highest BCUT2D eigenvalue weighted by atomic mass is 32.1. The highest BCUT2D eigenvalue weighted by Gasteiger charge is 2.36. The normalized spacial score (nSPS) is 20.6. The molecule has 1 aliphatic rings. The zero-order chi connectivity index (χ0) is 11.7. The third-order valence-corrected chi connectivity index (χ3v) is 3.16. The van der Waals surface area contributed by atoms with E-state index in [4.69, 9.17) is 5.84 Å². The van der Waals surface area contributed by atoms with Gasteiger partial charge in [0.25, 0.3) is 0 Å². The summed E-state index contributed by atoms with van der Waals surface area (Å²) in [5.74, 6) is 4.68. The van der Waals surface area contributed by atoms with Gasteiger partial charge >= 0.3 is 0 Å². The first kappa shape index (κ1) is 11.0. The monoisotopic (exact) mass is 241 g/mol. The van der Waals surface area contributed by atoms with Gasteiger partial charge in [-0.05, 0) is 0 Å². The van der Waals surface area contributed by atoms with E-state index in [9.17, 15) is 9.59 Å². The SMILES string of the molecule is CC1CC(=O)N(Cc2nnsc2NN)C1=O. The Morgan fingerprint density at radius 2 is 2.38 bits per heavy atom. The van der Waals surface area contributed by atoms with Crippen molar-refractivity contribution in [2.75, 3.05) is 5.43 Å². The number of hydrogen-bond acceptors (Lipinski definition) is 7. The van der Waals surface area contributed by atoms with Crippen molar-refractivity contribution in [2.45, 2.75) is 19.9 Å². The van der Waals surface area contributed by atoms with Gasteiger partial charge in [0.2, 0.25) is 11.8 Å². The number of amides is 2. The highest BCUT2D eigenvalue weighted by Crippen LogP contribution is 2.24. The Morgan fingerprint density at radius 1 is 1.62 bits per heavy atom. The number of likely N-dealkylation sites (tertiary alicyclic amines) is 1. The van der Waals surface area contributed by atoms with Crippen LogP contribution in [0.2, 0.25) is 0 Å². The minimum Gasteiger partial charge on any atom is -0.313 e. The maximum absolute atomic E-state index is 11.7. The van der Waals surface area contributed by atoms with E-state index in [2.05, 4.69) is 15.0 Å². The molecule has 0 spiro atoms. The zero-order valence-electron chi connectivity index (χ0n) is 8.64. The lowest BCUT2D eigenvalue weighted by Gasteiger charge is -2.12. The van der Waals surface area contributed by atoms with Gasteiger partial charge in [0, 0.05) is 23.9 Å². The summed E-state index contributed by atoms with van der Waals surface area (Å²) in [5.41, 5.74) is 2.95. The standard InChI is InChI=1S/C8H11N5O2S/c1-4-2-6(14)13(8(4)15)3-5-7(10-9)16-12-11-5/h4,10H,2-3,9H2,1H3. The van der Waals surface area contributed by atoms with E-state index in [-0.39, 0.29) is 30.7 Å². The van der Waals surface area contributed by atoms with Crippen LogP contribution in [0.5, 0.6) is 0 Å². The number of hydrazine groups is 1. The third kappa shape index (κ3) is 1.76. The summed E-state index contributed by atoms with van der Waals surface area (Å²) in [4.78, 5) is 24.4. The molecule has 8 heteroatoms. The maximum atomic E-state index is 11.7. The first-order valence-electron chi connectivity index (χ1n) is 4.75. The van der Waals surface area contributed by atoms with Crippen molar-refractivity contribution in [3.05, 3.63) is 5.69 Å². The molecule has 1 aliphatic heterocycles. The van der Waals surface area contributed by atoms with Gasteiger partial charge in [0.05, 0.1) is 6.54 Å². The van der Waals surface area contributed by atoms with Crippen molar-refractivity contribution in [1.29, 1.82) is 0 Å². The van der Waals surface area contributed by atoms with Crippen molar-refractivity contribution in [1.82, 2.24) is 14.5 Å². The molecule has 3 N–H and O–H groups in total. The van der Waals surface area contributed by atoms with Crippen LogP contribution in [0, 0.1) is 5.92 Å². The fourth-order valence-electron chi connectivity index (χ4n) is 1.59. The van der Waals surface area contributed by atoms with E-state index in [0.717, 1.165) is 11.5 Å². The molecule has 1 atom stereocenters. The number of anilines is 1. The van der Waals surface area contributed by atoms with Crippen molar-refractivity contribution in [3.8, 4) is 0 Å². The molecule has 2 heterocycles. The quantitative estimate of drug-likeness (QED) is 0.429. The second-order valence-electron chi connectivity index (χ2n) is 3.62. The molecule has 16 heavy (non-hydrogen) atoms. The summed E-state index contributed by atoms with van der Waals surface area (Å²) in [6, 6.07) is 0. The first-order chi connectivity index (χ1) is 7.63. The summed E-state index contributed by atoms with van der Waals surface area (Å²) in [5, 5.41) is 4.39. The van der Waals surface area contributed by atoms with Gasteiger partial charge in [0.15, 0.2) is 0 Å². The number of nitrogen functional groups attached to an aromatic ring is 1. The molecule has 1 aromatic rings. The molecule has 2 amide bonds. The van der Waals surface area contributed by atoms with E-state index in [1.54, 1.807) is 6.92 Å². The van der Waals surface area contributed by atoms with Gasteiger partial charge in [0.1, 0.15) is 10.7 Å². The van der Waals surface area contributed by atoms with Gasteiger partial charge in [-0.1, -0.05) is 11.4 Å². The Hall–Kier alpha value is -1.54. The van der Waals surface area contributed by atoms with Crippen LogP contribution in [-0.2, 0) is 16.1 Å². The molecule has 86 valence electrons. The summed E-state index contributed by atoms with van der Waals surface area (Å²) in [6.07, 6.45) is 0.266. The van der Waals surface area contributed by atoms with Crippen LogP contribution in [0.1, 0.15) is 19.0 Å². The number of hydrogen-bond donors (Lipinski definition) is 2. The molecule has 0 aliphatic carbocycles. The minimum atomic E-state index is -0.242. The minimum absolute atomic E-state index is 0.137. The second-order valence-corrected chi connectivity index (χ2v) is 4.37. The number of carbonyl (C=O) groups excluding carboxylic acids is 2. The van der Waals surface area contributed by atoms with Crippen LogP contribution in [0.15, 0.2) is 0 Å². The summed E-state index contributed by atoms with van der Waals surface area (Å²) >= 11 is 1.09. The Kier molecular flexibility index (Phi) is 2.84. The van der Waals surface area contributed by atoms with E-state index >= 15 is 0 Å². The smallest absolute Gasteiger partial charge is 0.232 e. The lowest BCUT2D eigenvalue weighted by Crippen LogP contribution is -2.30. The number of nitrogens with two attached hydrogens (primary N) is 1. The zero-order valence-corrected chi connectivity index (χ0v) is 9.45. The highest BCUT2D eigenvalue weighted by molar-refractivity contribution is 7.10. The van der Waals surface area contributed by atoms with Crippen LogP contribution in [0.4, 0.5) is 5.00 Å². The van der Waals surface area contributed by atoms with Crippen molar-refractivity contribution >= 4 is 28.3 Å². The molecule has 0 saturated carbocycles. The Morgan fingerprint density at radius 3 is 2.94 bits per heavy atom. The third-order valence-electron chi connectivity index (χ3n) is 2.46. The van der Waals surface area contributed by atoms with E-state index < -0.39 is 0 Å². The molecule has 1 unspecified atom stereocenters. The van der Waals surface area contributed by atoms with Gasteiger partial charge in [-0.25, -0.2) is 5.84 Å². The number of aromatic nitrogens is 2. The Labute approximate surface area is 95.7 Å². The summed E-state index contributed by atoms with van der Waals surface area (Å²) < 4.78 is 3.70. The van der Waals surface area contributed by atoms with Crippen LogP contribution in [0.3, 0.4) is 0 Å². The number of imide groups is 1. The lowest BCUT2D eigenvalue weighted by molar-refractivity contribution is -0.139. The predicted molar refractivity (Wildman–Crippen MR) is 57.1 cm³/mol. The molecule has 1 fully saturated rings. The van der Waals surface area contributed by atoms with Gasteiger partial charge in [-0.2, -0.15) is 0 Å². The van der Waals surface area contributed by atoms with Crippen LogP contribution in [0.25, 0.3) is 0 Å². The van der Waals surface area contributed by atoms with Gasteiger partial charge in [-0.15, -0.1) is 5.10 Å². The van der Waals surface area contributed by atoms with Crippen molar-refractivity contribution in [3.63, 3.8) is 0 Å². The van der Waals surface area contributed by atoms with E-state index in [1.165, 1.54) is 4.90 Å². The number of nitrogens with one attached hydrogen (secondary N) is 1. The van der Waals surface area contributed by atoms with Gasteiger partial charge in [-0.3, -0.25) is 14.5 Å². The fourth-order valence-corrected chi connectivity index (χ4v) is 2.07. The number of rotatable bonds is 3. The molecular weight excluding hydrogens is 230 g/mol. The second kappa shape index (κ2) is 4.14. The van der Waals surface area contributed by atoms with Crippen LogP contribution in [-0.4, -0.2) is 26.3 Å². The van der Waals surface area contributed by atoms with Crippen molar-refractivity contribution in [2.24, 2.45) is 11.8 Å². The largest absolute Gasteiger partial charge is 0.313 e. The molecular formula is C8H11N5O2S. The first-order valence-corrected chi connectivity index (χ1v) is 5.53. The molecule has 7 nitrogen and oxygen atoms in total. The molecule has 0 radical (unpaired) electrons. The predicted octanol–water partition coefficient (Wildman–Crippen LogP) is -0.281. The number of nitrogens with zero attached hydrogens (tertiary/aromatic N) is 3. The van der Waals surface area contributed by atoms with E-state index in [1.807, 2.05) is 0 Å². The Bertz CT molecular complexity index is 432. The van der Waals surface area contributed by atoms with Gasteiger partial charge < -0.3 is 5.43 Å².